The third-order valence-electron chi connectivity index (χ3n) is 5.80. The lowest BCUT2D eigenvalue weighted by molar-refractivity contribution is -0.384. The molecule has 10 nitrogen and oxygen atoms in total. The standard InChI is InChI=1S/C29H23N3O7/c1-38-26-18-20(12-17-25(26)39-27(33)21-13-15-24(16-14-21)32(36)37)19-30-31-28(34)29(35,22-8-4-2-5-9-22)23-10-6-3-7-11-23/h2-19,35H,1H3,(H,31,34). The van der Waals surface area contributed by atoms with Crippen LogP contribution in [0.15, 0.2) is 108 Å². The molecule has 0 aromatic heterocycles. The van der Waals surface area contributed by atoms with Gasteiger partial charge in [0.15, 0.2) is 17.1 Å². The lowest BCUT2D eigenvalue weighted by Crippen LogP contribution is -2.43. The van der Waals surface area contributed by atoms with E-state index in [9.17, 15) is 24.8 Å². The maximum atomic E-state index is 13.2. The van der Waals surface area contributed by atoms with Crippen LogP contribution in [-0.2, 0) is 10.4 Å². The Morgan fingerprint density at radius 2 is 1.49 bits per heavy atom. The molecule has 4 rings (SSSR count). The molecule has 2 N–H and O–H groups in total. The van der Waals surface area contributed by atoms with Crippen molar-refractivity contribution >= 4 is 23.8 Å². The van der Waals surface area contributed by atoms with Crippen LogP contribution in [0.25, 0.3) is 0 Å². The summed E-state index contributed by atoms with van der Waals surface area (Å²) in [6.45, 7) is 0. The fourth-order valence-electron chi connectivity index (χ4n) is 3.76. The molecule has 0 radical (unpaired) electrons. The van der Waals surface area contributed by atoms with E-state index in [-0.39, 0.29) is 22.7 Å². The Balaban J connectivity index is 1.49. The predicted octanol–water partition coefficient (Wildman–Crippen LogP) is 4.21. The van der Waals surface area contributed by atoms with Crippen LogP contribution in [0.3, 0.4) is 0 Å². The lowest BCUT2D eigenvalue weighted by atomic mass is 9.85. The maximum absolute atomic E-state index is 13.2. The highest BCUT2D eigenvalue weighted by Gasteiger charge is 2.39. The van der Waals surface area contributed by atoms with Gasteiger partial charge in [0.2, 0.25) is 0 Å². The normalized spacial score (nSPS) is 11.1. The molecule has 10 heteroatoms. The van der Waals surface area contributed by atoms with E-state index < -0.39 is 22.4 Å². The lowest BCUT2D eigenvalue weighted by Gasteiger charge is -2.27. The second-order valence-corrected chi connectivity index (χ2v) is 8.25. The molecule has 0 spiro atoms. The van der Waals surface area contributed by atoms with Crippen LogP contribution in [0.2, 0.25) is 0 Å². The number of ether oxygens (including phenoxy) is 2. The van der Waals surface area contributed by atoms with E-state index >= 15 is 0 Å². The number of amides is 1. The van der Waals surface area contributed by atoms with Gasteiger partial charge in [-0.05, 0) is 47.0 Å². The van der Waals surface area contributed by atoms with Crippen LogP contribution >= 0.6 is 0 Å². The number of methoxy groups -OCH3 is 1. The summed E-state index contributed by atoms with van der Waals surface area (Å²) in [5.41, 5.74) is 1.66. The zero-order valence-corrected chi connectivity index (χ0v) is 20.7. The van der Waals surface area contributed by atoms with Crippen molar-refractivity contribution in [3.8, 4) is 11.5 Å². The number of rotatable bonds is 9. The fourth-order valence-corrected chi connectivity index (χ4v) is 3.76. The smallest absolute Gasteiger partial charge is 0.343 e. The third kappa shape index (κ3) is 5.97. The summed E-state index contributed by atoms with van der Waals surface area (Å²) < 4.78 is 10.7. The minimum absolute atomic E-state index is 0.115. The van der Waals surface area contributed by atoms with Gasteiger partial charge in [0.25, 0.3) is 11.6 Å². The largest absolute Gasteiger partial charge is 0.493 e. The topological polar surface area (TPSA) is 140 Å². The molecule has 4 aromatic rings. The van der Waals surface area contributed by atoms with E-state index in [1.54, 1.807) is 66.7 Å². The highest BCUT2D eigenvalue weighted by molar-refractivity contribution is 5.92. The average molecular weight is 526 g/mol. The summed E-state index contributed by atoms with van der Waals surface area (Å²) in [6.07, 6.45) is 1.35. The quantitative estimate of drug-likeness (QED) is 0.110. The molecule has 0 heterocycles. The Bertz CT molecular complexity index is 1470. The first-order valence-corrected chi connectivity index (χ1v) is 11.6. The molecule has 39 heavy (non-hydrogen) atoms. The molecular formula is C29H23N3O7. The highest BCUT2D eigenvalue weighted by Crippen LogP contribution is 2.30. The van der Waals surface area contributed by atoms with E-state index in [4.69, 9.17) is 9.47 Å². The zero-order chi connectivity index (χ0) is 27.8. The van der Waals surface area contributed by atoms with Crippen LogP contribution in [0.4, 0.5) is 5.69 Å². The van der Waals surface area contributed by atoms with Gasteiger partial charge in [-0.15, -0.1) is 0 Å². The van der Waals surface area contributed by atoms with Gasteiger partial charge in [-0.3, -0.25) is 14.9 Å². The third-order valence-corrected chi connectivity index (χ3v) is 5.80. The van der Waals surface area contributed by atoms with Gasteiger partial charge >= 0.3 is 5.97 Å². The number of nitrogens with one attached hydrogen (secondary N) is 1. The molecule has 196 valence electrons. The number of hydrogen-bond acceptors (Lipinski definition) is 8. The molecule has 0 aliphatic rings. The van der Waals surface area contributed by atoms with Crippen molar-refractivity contribution in [2.75, 3.05) is 7.11 Å². The first kappa shape index (κ1) is 26.7. The molecule has 0 saturated heterocycles. The monoisotopic (exact) mass is 525 g/mol. The predicted molar refractivity (Wildman–Crippen MR) is 143 cm³/mol. The van der Waals surface area contributed by atoms with Crippen molar-refractivity contribution in [2.45, 2.75) is 5.60 Å². The number of hydrazone groups is 1. The minimum atomic E-state index is -1.98. The molecule has 4 aromatic carbocycles. The SMILES string of the molecule is COc1cc(C=NNC(=O)C(O)(c2ccccc2)c2ccccc2)ccc1OC(=O)c1ccc([N+](=O)[O-])cc1. The van der Waals surface area contributed by atoms with Crippen molar-refractivity contribution in [1.82, 2.24) is 5.43 Å². The van der Waals surface area contributed by atoms with E-state index in [1.165, 1.54) is 49.7 Å². The van der Waals surface area contributed by atoms with Gasteiger partial charge in [0.05, 0.1) is 23.8 Å². The second-order valence-electron chi connectivity index (χ2n) is 8.25. The van der Waals surface area contributed by atoms with Crippen LogP contribution in [0, 0.1) is 10.1 Å². The summed E-state index contributed by atoms with van der Waals surface area (Å²) in [6, 6.07) is 26.7. The summed E-state index contributed by atoms with van der Waals surface area (Å²) in [4.78, 5) is 35.9. The van der Waals surface area contributed by atoms with Crippen molar-refractivity contribution in [1.29, 1.82) is 0 Å². The van der Waals surface area contributed by atoms with E-state index in [2.05, 4.69) is 10.5 Å². The Labute approximate surface area is 223 Å². The van der Waals surface area contributed by atoms with Crippen LogP contribution in [0.1, 0.15) is 27.0 Å². The van der Waals surface area contributed by atoms with Crippen molar-refractivity contribution in [2.24, 2.45) is 5.10 Å². The number of nitro benzene ring substituents is 1. The van der Waals surface area contributed by atoms with Crippen molar-refractivity contribution in [3.05, 3.63) is 135 Å². The van der Waals surface area contributed by atoms with Crippen LogP contribution < -0.4 is 14.9 Å². The Hall–Kier alpha value is -5.35. The molecule has 0 unspecified atom stereocenters. The average Bonchev–Trinajstić information content (AvgIpc) is 2.98. The van der Waals surface area contributed by atoms with Gasteiger partial charge in [-0.2, -0.15) is 5.10 Å². The number of hydrogen-bond donors (Lipinski definition) is 2. The van der Waals surface area contributed by atoms with Crippen LogP contribution in [0.5, 0.6) is 11.5 Å². The van der Waals surface area contributed by atoms with E-state index in [1.807, 2.05) is 0 Å². The van der Waals surface area contributed by atoms with E-state index in [0.717, 1.165) is 0 Å². The van der Waals surface area contributed by atoms with E-state index in [0.29, 0.717) is 16.7 Å². The molecule has 0 saturated carbocycles. The number of nitrogens with zero attached hydrogens (tertiary/aromatic N) is 2. The van der Waals surface area contributed by atoms with Gasteiger partial charge < -0.3 is 14.6 Å². The molecule has 0 bridgehead atoms. The molecule has 1 amide bonds. The summed E-state index contributed by atoms with van der Waals surface area (Å²) in [5.74, 6) is -1.15. The van der Waals surface area contributed by atoms with Gasteiger partial charge in [0.1, 0.15) is 0 Å². The Morgan fingerprint density at radius 1 is 0.897 bits per heavy atom. The summed E-state index contributed by atoms with van der Waals surface area (Å²) in [5, 5.41) is 26.3. The van der Waals surface area contributed by atoms with Crippen LogP contribution in [-0.4, -0.2) is 35.2 Å². The molecular weight excluding hydrogens is 502 g/mol. The number of aliphatic hydroxyl groups is 1. The number of esters is 1. The summed E-state index contributed by atoms with van der Waals surface area (Å²) in [7, 11) is 1.39. The second kappa shape index (κ2) is 11.8. The van der Waals surface area contributed by atoms with Crippen molar-refractivity contribution < 1.29 is 29.1 Å². The maximum Gasteiger partial charge on any atom is 0.343 e. The van der Waals surface area contributed by atoms with Gasteiger partial charge in [0, 0.05) is 12.1 Å². The molecule has 0 aliphatic heterocycles. The first-order valence-electron chi connectivity index (χ1n) is 11.6. The van der Waals surface area contributed by atoms with Gasteiger partial charge in [-0.1, -0.05) is 60.7 Å². The molecule has 0 fully saturated rings. The number of nitro groups is 1. The first-order chi connectivity index (χ1) is 18.8. The number of benzene rings is 4. The molecule has 0 aliphatic carbocycles. The number of non-ortho nitro benzene ring substituents is 1. The number of carbonyl (C=O) groups is 2. The fraction of sp³-hybridized carbons (Fsp3) is 0.0690. The number of carbonyl (C=O) groups excluding carboxylic acids is 2. The Morgan fingerprint density at radius 3 is 2.03 bits per heavy atom. The zero-order valence-electron chi connectivity index (χ0n) is 20.7. The minimum Gasteiger partial charge on any atom is -0.493 e. The molecule has 0 atom stereocenters. The highest BCUT2D eigenvalue weighted by atomic mass is 16.6. The van der Waals surface area contributed by atoms with Gasteiger partial charge in [-0.25, -0.2) is 10.2 Å². The summed E-state index contributed by atoms with van der Waals surface area (Å²) >= 11 is 0. The Kier molecular flexibility index (Phi) is 8.08. The van der Waals surface area contributed by atoms with Crippen molar-refractivity contribution in [3.63, 3.8) is 0 Å².